The number of likely N-dealkylation sites (N-methyl/N-ethyl adjacent to an activating group) is 1. The molecule has 1 amide bonds. The van der Waals surface area contributed by atoms with Gasteiger partial charge in [0.15, 0.2) is 6.61 Å². The van der Waals surface area contributed by atoms with Crippen molar-refractivity contribution in [3.05, 3.63) is 23.8 Å². The highest BCUT2D eigenvalue weighted by atomic mass is 32.2. The molecule has 2 fully saturated rings. The maximum Gasteiger partial charge on any atom is 0.260 e. The molecule has 8 heteroatoms. The molecule has 150 valence electrons. The highest BCUT2D eigenvalue weighted by Gasteiger charge is 2.28. The maximum atomic E-state index is 12.6. The fraction of sp³-hybridized carbons (Fsp3) is 0.632. The van der Waals surface area contributed by atoms with Crippen LogP contribution in [-0.2, 0) is 14.8 Å². The Kier molecular flexibility index (Phi) is 6.39. The first-order chi connectivity index (χ1) is 12.9. The molecule has 0 spiro atoms. The van der Waals surface area contributed by atoms with Gasteiger partial charge in [-0.3, -0.25) is 4.79 Å². The van der Waals surface area contributed by atoms with Gasteiger partial charge in [-0.25, -0.2) is 8.42 Å². The molecule has 0 unspecified atom stereocenters. The number of benzene rings is 1. The second kappa shape index (κ2) is 8.58. The van der Waals surface area contributed by atoms with E-state index in [0.717, 1.165) is 51.1 Å². The van der Waals surface area contributed by atoms with Gasteiger partial charge in [-0.15, -0.1) is 0 Å². The lowest BCUT2D eigenvalue weighted by atomic mass is 10.2. The number of aryl methyl sites for hydroxylation is 1. The average Bonchev–Trinajstić information content (AvgIpc) is 3.22. The largest absolute Gasteiger partial charge is 0.483 e. The van der Waals surface area contributed by atoms with Crippen molar-refractivity contribution in [1.29, 1.82) is 0 Å². The van der Waals surface area contributed by atoms with Crippen molar-refractivity contribution in [2.24, 2.45) is 0 Å². The number of amides is 1. The molecule has 0 aromatic heterocycles. The lowest BCUT2D eigenvalue weighted by molar-refractivity contribution is -0.902. The van der Waals surface area contributed by atoms with Gasteiger partial charge in [0.05, 0.1) is 37.6 Å². The number of piperazine rings is 1. The zero-order valence-corrected chi connectivity index (χ0v) is 17.1. The molecule has 0 atom stereocenters. The Morgan fingerprint density at radius 1 is 1.15 bits per heavy atom. The summed E-state index contributed by atoms with van der Waals surface area (Å²) in [4.78, 5) is 16.0. The second-order valence-corrected chi connectivity index (χ2v) is 9.25. The normalized spacial score (nSPS) is 19.4. The van der Waals surface area contributed by atoms with Crippen molar-refractivity contribution >= 4 is 15.9 Å². The predicted molar refractivity (Wildman–Crippen MR) is 102 cm³/mol. The standard InChI is InChI=1S/C19H29N3O4S/c1-3-20-10-12-21(13-11-20)19(23)15-26-18-7-6-17(14-16(18)2)27(24,25)22-8-4-5-9-22/h6-7,14H,3-5,8-13,15H2,1-2H3/p+1. The van der Waals surface area contributed by atoms with Gasteiger partial charge < -0.3 is 14.5 Å². The Morgan fingerprint density at radius 3 is 2.41 bits per heavy atom. The number of rotatable bonds is 6. The first-order valence-corrected chi connectivity index (χ1v) is 11.2. The van der Waals surface area contributed by atoms with Crippen LogP contribution in [0.3, 0.4) is 0 Å². The van der Waals surface area contributed by atoms with E-state index in [1.54, 1.807) is 18.2 Å². The zero-order valence-electron chi connectivity index (χ0n) is 16.2. The second-order valence-electron chi connectivity index (χ2n) is 7.31. The van der Waals surface area contributed by atoms with Gasteiger partial charge in [0.2, 0.25) is 10.0 Å². The number of nitrogens with zero attached hydrogens (tertiary/aromatic N) is 2. The molecule has 2 aliphatic heterocycles. The number of hydrogen-bond donors (Lipinski definition) is 1. The molecule has 7 nitrogen and oxygen atoms in total. The summed E-state index contributed by atoms with van der Waals surface area (Å²) < 4.78 is 32.5. The van der Waals surface area contributed by atoms with Gasteiger partial charge in [-0.05, 0) is 50.5 Å². The van der Waals surface area contributed by atoms with Crippen LogP contribution in [0.15, 0.2) is 23.1 Å². The van der Waals surface area contributed by atoms with Crippen molar-refractivity contribution in [2.75, 3.05) is 52.4 Å². The highest BCUT2D eigenvalue weighted by Crippen LogP contribution is 2.26. The van der Waals surface area contributed by atoms with E-state index in [-0.39, 0.29) is 12.5 Å². The molecule has 0 bridgehead atoms. The summed E-state index contributed by atoms with van der Waals surface area (Å²) in [6, 6.07) is 4.87. The molecule has 1 aromatic carbocycles. The topological polar surface area (TPSA) is 71.4 Å². The van der Waals surface area contributed by atoms with Crippen LogP contribution in [0, 0.1) is 6.92 Å². The van der Waals surface area contributed by atoms with E-state index in [0.29, 0.717) is 23.7 Å². The van der Waals surface area contributed by atoms with Crippen LogP contribution in [0.5, 0.6) is 5.75 Å². The Labute approximate surface area is 161 Å². The van der Waals surface area contributed by atoms with Crippen molar-refractivity contribution < 1.29 is 22.8 Å². The third-order valence-electron chi connectivity index (χ3n) is 5.52. The van der Waals surface area contributed by atoms with Crippen LogP contribution < -0.4 is 9.64 Å². The number of sulfonamides is 1. The minimum atomic E-state index is -3.43. The molecule has 3 rings (SSSR count). The van der Waals surface area contributed by atoms with Gasteiger partial charge in [0.25, 0.3) is 5.91 Å². The maximum absolute atomic E-state index is 12.6. The fourth-order valence-corrected chi connectivity index (χ4v) is 5.28. The summed E-state index contributed by atoms with van der Waals surface area (Å²) in [6.07, 6.45) is 1.82. The van der Waals surface area contributed by atoms with Crippen molar-refractivity contribution in [1.82, 2.24) is 9.21 Å². The number of quaternary nitrogens is 1. The lowest BCUT2D eigenvalue weighted by Gasteiger charge is -2.31. The minimum absolute atomic E-state index is 0.0134. The quantitative estimate of drug-likeness (QED) is 0.729. The Hall–Kier alpha value is -1.64. The van der Waals surface area contributed by atoms with E-state index >= 15 is 0 Å². The summed E-state index contributed by atoms with van der Waals surface area (Å²) >= 11 is 0. The molecule has 27 heavy (non-hydrogen) atoms. The molecule has 0 aliphatic carbocycles. The minimum Gasteiger partial charge on any atom is -0.483 e. The van der Waals surface area contributed by atoms with Gasteiger partial charge >= 0.3 is 0 Å². The van der Waals surface area contributed by atoms with E-state index < -0.39 is 10.0 Å². The number of hydrogen-bond acceptors (Lipinski definition) is 4. The Bertz CT molecular complexity index is 767. The van der Waals surface area contributed by atoms with Crippen LogP contribution in [0.2, 0.25) is 0 Å². The van der Waals surface area contributed by atoms with Crippen LogP contribution >= 0.6 is 0 Å². The monoisotopic (exact) mass is 396 g/mol. The van der Waals surface area contributed by atoms with Crippen LogP contribution in [0.4, 0.5) is 0 Å². The molecule has 2 saturated heterocycles. The number of nitrogens with one attached hydrogen (secondary N) is 1. The summed E-state index contributed by atoms with van der Waals surface area (Å²) in [5, 5.41) is 0. The van der Waals surface area contributed by atoms with Crippen LogP contribution in [0.1, 0.15) is 25.3 Å². The molecule has 1 N–H and O–H groups in total. The van der Waals surface area contributed by atoms with E-state index in [1.165, 1.54) is 9.21 Å². The summed E-state index contributed by atoms with van der Waals surface area (Å²) in [5.74, 6) is 0.542. The van der Waals surface area contributed by atoms with Crippen molar-refractivity contribution in [3.8, 4) is 5.75 Å². The Balaban J connectivity index is 1.59. The van der Waals surface area contributed by atoms with Gasteiger partial charge in [0.1, 0.15) is 5.75 Å². The Morgan fingerprint density at radius 2 is 1.81 bits per heavy atom. The highest BCUT2D eigenvalue weighted by molar-refractivity contribution is 7.89. The van der Waals surface area contributed by atoms with Gasteiger partial charge in [0, 0.05) is 13.1 Å². The molecular weight excluding hydrogens is 366 g/mol. The molecule has 1 aromatic rings. The SMILES string of the molecule is CC[NH+]1CCN(C(=O)COc2ccc(S(=O)(=O)N3CCCC3)cc2C)CC1. The molecule has 0 radical (unpaired) electrons. The van der Waals surface area contributed by atoms with E-state index in [2.05, 4.69) is 6.92 Å². The summed E-state index contributed by atoms with van der Waals surface area (Å²) in [7, 11) is -3.43. The third-order valence-corrected chi connectivity index (χ3v) is 7.42. The number of carbonyl (C=O) groups is 1. The fourth-order valence-electron chi connectivity index (χ4n) is 3.68. The predicted octanol–water partition coefficient (Wildman–Crippen LogP) is -0.0947. The van der Waals surface area contributed by atoms with Crippen molar-refractivity contribution in [3.63, 3.8) is 0 Å². The number of carbonyl (C=O) groups excluding carboxylic acids is 1. The molecule has 2 aliphatic rings. The first-order valence-electron chi connectivity index (χ1n) is 9.76. The first kappa shape index (κ1) is 20.1. The zero-order chi connectivity index (χ0) is 19.4. The van der Waals surface area contributed by atoms with Crippen molar-refractivity contribution in [2.45, 2.75) is 31.6 Å². The molecule has 0 saturated carbocycles. The van der Waals surface area contributed by atoms with Crippen LogP contribution in [-0.4, -0.2) is 76.0 Å². The van der Waals surface area contributed by atoms with E-state index in [1.807, 2.05) is 11.8 Å². The summed E-state index contributed by atoms with van der Waals surface area (Å²) in [5.41, 5.74) is 0.725. The van der Waals surface area contributed by atoms with Gasteiger partial charge in [-0.1, -0.05) is 0 Å². The third kappa shape index (κ3) is 4.62. The lowest BCUT2D eigenvalue weighted by Crippen LogP contribution is -3.14. The van der Waals surface area contributed by atoms with E-state index in [9.17, 15) is 13.2 Å². The van der Waals surface area contributed by atoms with Crippen LogP contribution in [0.25, 0.3) is 0 Å². The molecule has 2 heterocycles. The van der Waals surface area contributed by atoms with Gasteiger partial charge in [-0.2, -0.15) is 4.31 Å². The summed E-state index contributed by atoms with van der Waals surface area (Å²) in [6.45, 7) is 9.69. The molecular formula is C19H30N3O4S+. The smallest absolute Gasteiger partial charge is 0.260 e. The number of ether oxygens (including phenoxy) is 1. The average molecular weight is 397 g/mol. The van der Waals surface area contributed by atoms with E-state index in [4.69, 9.17) is 4.74 Å².